The van der Waals surface area contributed by atoms with Crippen LogP contribution in [-0.4, -0.2) is 0 Å². The molecule has 0 rings (SSSR count). The molecule has 0 aromatic rings. The second kappa shape index (κ2) is 25.7. The maximum atomic E-state index is 2.45. The molecule has 0 atom stereocenters. The lowest BCUT2D eigenvalue weighted by molar-refractivity contribution is 0.544. The standard InChI is InChI=1S/C27H54/c1-3-5-7-9-11-13-15-17-19-21-23-25-27-26-24-22-20-18-16-14-12-10-8-6-4-2/h23,25H,3-22,24,26-27H2,1-2H3. The molecule has 0 unspecified atom stereocenters. The quantitative estimate of drug-likeness (QED) is 0.122. The molecular formula is C27H54. The average Bonchev–Trinajstić information content (AvgIpc) is 2.68. The minimum absolute atomic E-state index is 1.31. The molecule has 0 N–H and O–H groups in total. The van der Waals surface area contributed by atoms with Crippen LogP contribution in [0.15, 0.2) is 12.2 Å². The van der Waals surface area contributed by atoms with Gasteiger partial charge in [0.25, 0.3) is 0 Å². The summed E-state index contributed by atoms with van der Waals surface area (Å²) in [4.78, 5) is 0. The topological polar surface area (TPSA) is 0 Å². The molecule has 27 heavy (non-hydrogen) atoms. The van der Waals surface area contributed by atoms with Gasteiger partial charge in [0, 0.05) is 0 Å². The van der Waals surface area contributed by atoms with E-state index in [0.29, 0.717) is 0 Å². The molecule has 0 heterocycles. The Hall–Kier alpha value is -0.260. The second-order valence-corrected chi connectivity index (χ2v) is 8.77. The maximum Gasteiger partial charge on any atom is -0.0351 e. The fraction of sp³-hybridized carbons (Fsp3) is 0.926. The highest BCUT2D eigenvalue weighted by Crippen LogP contribution is 2.13. The minimum atomic E-state index is 1.31. The van der Waals surface area contributed by atoms with E-state index in [-0.39, 0.29) is 0 Å². The molecule has 0 radical (unpaired) electrons. The monoisotopic (exact) mass is 378 g/mol. The first-order valence-corrected chi connectivity index (χ1v) is 13.1. The number of rotatable bonds is 23. The van der Waals surface area contributed by atoms with Gasteiger partial charge in [0.2, 0.25) is 0 Å². The van der Waals surface area contributed by atoms with Gasteiger partial charge in [-0.3, -0.25) is 0 Å². The molecule has 0 aromatic carbocycles. The Bertz CT molecular complexity index is 265. The minimum Gasteiger partial charge on any atom is -0.0885 e. The van der Waals surface area contributed by atoms with Gasteiger partial charge >= 0.3 is 0 Å². The Kier molecular flexibility index (Phi) is 25.5. The van der Waals surface area contributed by atoms with Gasteiger partial charge in [-0.1, -0.05) is 148 Å². The predicted octanol–water partition coefficient (Wildman–Crippen LogP) is 10.6. The zero-order valence-corrected chi connectivity index (χ0v) is 19.4. The van der Waals surface area contributed by atoms with E-state index in [0.717, 1.165) is 0 Å². The van der Waals surface area contributed by atoms with Crippen LogP contribution in [0.2, 0.25) is 0 Å². The molecule has 0 bridgehead atoms. The third-order valence-corrected chi connectivity index (χ3v) is 5.87. The van der Waals surface area contributed by atoms with Crippen LogP contribution in [0, 0.1) is 0 Å². The first-order chi connectivity index (χ1) is 13.4. The lowest BCUT2D eigenvalue weighted by Gasteiger charge is -2.02. The highest BCUT2D eigenvalue weighted by Gasteiger charge is 1.93. The molecule has 0 aliphatic heterocycles. The van der Waals surface area contributed by atoms with Crippen LogP contribution in [0.4, 0.5) is 0 Å². The smallest absolute Gasteiger partial charge is 0.0351 e. The zero-order chi connectivity index (χ0) is 19.7. The molecule has 0 saturated heterocycles. The Labute approximate surface area is 174 Å². The summed E-state index contributed by atoms with van der Waals surface area (Å²) in [6.07, 6.45) is 37.9. The van der Waals surface area contributed by atoms with Crippen molar-refractivity contribution in [3.8, 4) is 0 Å². The molecule has 0 spiro atoms. The van der Waals surface area contributed by atoms with Crippen molar-refractivity contribution in [2.24, 2.45) is 0 Å². The van der Waals surface area contributed by atoms with Crippen molar-refractivity contribution in [2.45, 2.75) is 162 Å². The van der Waals surface area contributed by atoms with Crippen LogP contribution in [0.1, 0.15) is 162 Å². The van der Waals surface area contributed by atoms with Gasteiger partial charge in [-0.25, -0.2) is 0 Å². The van der Waals surface area contributed by atoms with E-state index in [4.69, 9.17) is 0 Å². The van der Waals surface area contributed by atoms with Gasteiger partial charge in [-0.2, -0.15) is 0 Å². The summed E-state index contributed by atoms with van der Waals surface area (Å²) in [5.74, 6) is 0. The van der Waals surface area contributed by atoms with Crippen LogP contribution in [-0.2, 0) is 0 Å². The maximum absolute atomic E-state index is 2.45. The summed E-state index contributed by atoms with van der Waals surface area (Å²) in [6, 6.07) is 0. The van der Waals surface area contributed by atoms with Gasteiger partial charge in [0.05, 0.1) is 0 Å². The van der Waals surface area contributed by atoms with E-state index in [9.17, 15) is 0 Å². The summed E-state index contributed by atoms with van der Waals surface area (Å²) in [7, 11) is 0. The second-order valence-electron chi connectivity index (χ2n) is 8.77. The molecule has 0 heteroatoms. The van der Waals surface area contributed by atoms with E-state index < -0.39 is 0 Å². The SMILES string of the molecule is CCCCCCCCCCCC=CCCCCCCCCCCCCCC. The summed E-state index contributed by atoms with van der Waals surface area (Å²) in [6.45, 7) is 4.60. The van der Waals surface area contributed by atoms with E-state index in [1.54, 1.807) is 0 Å². The van der Waals surface area contributed by atoms with Gasteiger partial charge in [0.15, 0.2) is 0 Å². The molecule has 0 aromatic heterocycles. The molecule has 0 nitrogen and oxygen atoms in total. The van der Waals surface area contributed by atoms with Crippen molar-refractivity contribution < 1.29 is 0 Å². The van der Waals surface area contributed by atoms with Gasteiger partial charge in [-0.15, -0.1) is 0 Å². The van der Waals surface area contributed by atoms with Crippen molar-refractivity contribution >= 4 is 0 Å². The van der Waals surface area contributed by atoms with Crippen LogP contribution in [0.3, 0.4) is 0 Å². The molecule has 0 aliphatic carbocycles. The van der Waals surface area contributed by atoms with Gasteiger partial charge in [0.1, 0.15) is 0 Å². The van der Waals surface area contributed by atoms with E-state index in [1.807, 2.05) is 0 Å². The summed E-state index contributed by atoms with van der Waals surface area (Å²) >= 11 is 0. The van der Waals surface area contributed by atoms with Crippen molar-refractivity contribution in [1.29, 1.82) is 0 Å². The van der Waals surface area contributed by atoms with Crippen molar-refractivity contribution in [3.05, 3.63) is 12.2 Å². The highest BCUT2D eigenvalue weighted by molar-refractivity contribution is 4.81. The Balaban J connectivity index is 3.05. The number of allylic oxidation sites excluding steroid dienone is 2. The number of unbranched alkanes of at least 4 members (excludes halogenated alkanes) is 21. The fourth-order valence-corrected chi connectivity index (χ4v) is 3.91. The molecule has 0 fully saturated rings. The number of hydrogen-bond acceptors (Lipinski definition) is 0. The van der Waals surface area contributed by atoms with E-state index in [1.165, 1.54) is 148 Å². The third kappa shape index (κ3) is 25.7. The van der Waals surface area contributed by atoms with Gasteiger partial charge < -0.3 is 0 Å². The van der Waals surface area contributed by atoms with Crippen LogP contribution < -0.4 is 0 Å². The Morgan fingerprint density at radius 2 is 0.519 bits per heavy atom. The Morgan fingerprint density at radius 3 is 0.778 bits per heavy atom. The zero-order valence-electron chi connectivity index (χ0n) is 19.4. The first kappa shape index (κ1) is 26.7. The lowest BCUT2D eigenvalue weighted by atomic mass is 10.0. The highest BCUT2D eigenvalue weighted by atomic mass is 14.0. The van der Waals surface area contributed by atoms with Crippen molar-refractivity contribution in [1.82, 2.24) is 0 Å². The normalized spacial score (nSPS) is 11.6. The third-order valence-electron chi connectivity index (χ3n) is 5.87. The predicted molar refractivity (Wildman–Crippen MR) is 127 cm³/mol. The molecule has 0 aliphatic rings. The van der Waals surface area contributed by atoms with Crippen LogP contribution in [0.25, 0.3) is 0 Å². The van der Waals surface area contributed by atoms with Crippen molar-refractivity contribution in [2.75, 3.05) is 0 Å². The van der Waals surface area contributed by atoms with E-state index in [2.05, 4.69) is 26.0 Å². The first-order valence-electron chi connectivity index (χ1n) is 13.1. The lowest BCUT2D eigenvalue weighted by Crippen LogP contribution is -1.82. The largest absolute Gasteiger partial charge is 0.0885 e. The molecular weight excluding hydrogens is 324 g/mol. The fourth-order valence-electron chi connectivity index (χ4n) is 3.91. The summed E-state index contributed by atoms with van der Waals surface area (Å²) < 4.78 is 0. The summed E-state index contributed by atoms with van der Waals surface area (Å²) in [5, 5.41) is 0. The summed E-state index contributed by atoms with van der Waals surface area (Å²) in [5.41, 5.74) is 0. The van der Waals surface area contributed by atoms with Gasteiger partial charge in [-0.05, 0) is 25.7 Å². The Morgan fingerprint density at radius 1 is 0.296 bits per heavy atom. The average molecular weight is 379 g/mol. The van der Waals surface area contributed by atoms with Crippen molar-refractivity contribution in [3.63, 3.8) is 0 Å². The van der Waals surface area contributed by atoms with E-state index >= 15 is 0 Å². The molecule has 162 valence electrons. The van der Waals surface area contributed by atoms with Crippen LogP contribution >= 0.6 is 0 Å². The van der Waals surface area contributed by atoms with Crippen LogP contribution in [0.5, 0.6) is 0 Å². The number of hydrogen-bond donors (Lipinski definition) is 0. The molecule has 0 saturated carbocycles. The molecule has 0 amide bonds.